The highest BCUT2D eigenvalue weighted by molar-refractivity contribution is 6.30. The molecule has 0 saturated carbocycles. The predicted molar refractivity (Wildman–Crippen MR) is 104 cm³/mol. The van der Waals surface area contributed by atoms with Crippen molar-refractivity contribution >= 4 is 23.3 Å². The number of carbonyl (C=O) groups excluding carboxylic acids is 1. The molecule has 1 aliphatic rings. The normalized spacial score (nSPS) is 18.2. The first-order valence-corrected chi connectivity index (χ1v) is 9.33. The van der Waals surface area contributed by atoms with E-state index in [4.69, 9.17) is 16.3 Å². The maximum absolute atomic E-state index is 12.5. The van der Waals surface area contributed by atoms with Crippen LogP contribution in [0.5, 0.6) is 5.75 Å². The van der Waals surface area contributed by atoms with Gasteiger partial charge in [0.2, 0.25) is 5.91 Å². The van der Waals surface area contributed by atoms with Crippen LogP contribution in [0.3, 0.4) is 0 Å². The van der Waals surface area contributed by atoms with Crippen LogP contribution < -0.4 is 10.1 Å². The van der Waals surface area contributed by atoms with E-state index in [0.717, 1.165) is 25.1 Å². The Labute approximate surface area is 159 Å². The summed E-state index contributed by atoms with van der Waals surface area (Å²) in [5, 5.41) is 3.41. The number of nitrogens with zero attached hydrogens (tertiary/aromatic N) is 2. The van der Waals surface area contributed by atoms with E-state index in [9.17, 15) is 4.79 Å². The Morgan fingerprint density at radius 3 is 2.73 bits per heavy atom. The van der Waals surface area contributed by atoms with Gasteiger partial charge >= 0.3 is 0 Å². The zero-order chi connectivity index (χ0) is 18.4. The lowest BCUT2D eigenvalue weighted by Gasteiger charge is -2.29. The number of carbonyl (C=O) groups is 1. The van der Waals surface area contributed by atoms with Gasteiger partial charge in [0.15, 0.2) is 0 Å². The molecule has 1 atom stereocenters. The van der Waals surface area contributed by atoms with E-state index in [0.29, 0.717) is 17.4 Å². The van der Waals surface area contributed by atoms with Gasteiger partial charge in [0.25, 0.3) is 0 Å². The molecule has 5 nitrogen and oxygen atoms in total. The number of likely N-dealkylation sites (tertiary alicyclic amines) is 1. The van der Waals surface area contributed by atoms with E-state index in [-0.39, 0.29) is 11.9 Å². The molecule has 2 aromatic rings. The fourth-order valence-electron chi connectivity index (χ4n) is 3.38. The number of halogens is 1. The van der Waals surface area contributed by atoms with Crippen molar-refractivity contribution < 1.29 is 9.53 Å². The number of pyridine rings is 1. The molecule has 0 unspecified atom stereocenters. The molecule has 1 saturated heterocycles. The molecule has 0 radical (unpaired) electrons. The maximum atomic E-state index is 12.5. The summed E-state index contributed by atoms with van der Waals surface area (Å²) >= 11 is 5.84. The van der Waals surface area contributed by atoms with Gasteiger partial charge in [0.05, 0.1) is 18.7 Å². The summed E-state index contributed by atoms with van der Waals surface area (Å²) in [6.07, 6.45) is 6.07. The number of amides is 1. The molecule has 0 bridgehead atoms. The Balaban J connectivity index is 1.69. The molecule has 1 amide bonds. The number of nitrogens with one attached hydrogen (secondary N) is 1. The van der Waals surface area contributed by atoms with Crippen LogP contribution in [0, 0.1) is 0 Å². The average molecular weight is 374 g/mol. The minimum atomic E-state index is -0.0553. The van der Waals surface area contributed by atoms with Crippen LogP contribution in [-0.2, 0) is 4.79 Å². The SMILES string of the molecule is COc1ccc([C@@H]2CCCCCN2CC(=O)Nc2ccc(Cl)cn2)cc1. The van der Waals surface area contributed by atoms with Crippen LogP contribution in [0.1, 0.15) is 37.3 Å². The number of hydrogen-bond donors (Lipinski definition) is 1. The summed E-state index contributed by atoms with van der Waals surface area (Å²) < 4.78 is 5.25. The number of ether oxygens (including phenoxy) is 1. The van der Waals surface area contributed by atoms with Gasteiger partial charge in [0, 0.05) is 12.2 Å². The van der Waals surface area contributed by atoms with Gasteiger partial charge in [-0.05, 0) is 49.2 Å². The van der Waals surface area contributed by atoms with E-state index in [1.165, 1.54) is 24.6 Å². The fourth-order valence-corrected chi connectivity index (χ4v) is 3.49. The maximum Gasteiger partial charge on any atom is 0.239 e. The highest BCUT2D eigenvalue weighted by Crippen LogP contribution is 2.31. The summed E-state index contributed by atoms with van der Waals surface area (Å²) in [5.41, 5.74) is 1.23. The summed E-state index contributed by atoms with van der Waals surface area (Å²) in [5.74, 6) is 1.32. The third-order valence-corrected chi connectivity index (χ3v) is 4.93. The van der Waals surface area contributed by atoms with E-state index < -0.39 is 0 Å². The lowest BCUT2D eigenvalue weighted by atomic mass is 10.0. The molecule has 138 valence electrons. The van der Waals surface area contributed by atoms with Crippen molar-refractivity contribution in [2.75, 3.05) is 25.5 Å². The summed E-state index contributed by atoms with van der Waals surface area (Å²) in [7, 11) is 1.67. The van der Waals surface area contributed by atoms with E-state index in [1.54, 1.807) is 19.2 Å². The molecule has 1 aromatic carbocycles. The standard InChI is InChI=1S/C20H24ClN3O2/c1-26-17-9-6-15(7-10-17)18-5-3-2-4-12-24(18)14-20(25)23-19-11-8-16(21)13-22-19/h6-11,13,18H,2-5,12,14H2,1H3,(H,22,23,25)/t18-/m0/s1. The van der Waals surface area contributed by atoms with Gasteiger partial charge < -0.3 is 10.1 Å². The van der Waals surface area contributed by atoms with E-state index in [2.05, 4.69) is 27.3 Å². The van der Waals surface area contributed by atoms with Crippen LogP contribution >= 0.6 is 11.6 Å². The predicted octanol–water partition coefficient (Wildman–Crippen LogP) is 4.30. The Morgan fingerprint density at radius 2 is 2.04 bits per heavy atom. The van der Waals surface area contributed by atoms with E-state index in [1.807, 2.05) is 12.1 Å². The van der Waals surface area contributed by atoms with Crippen LogP contribution in [0.4, 0.5) is 5.82 Å². The second kappa shape index (κ2) is 9.01. The van der Waals surface area contributed by atoms with Crippen LogP contribution in [-0.4, -0.2) is 36.0 Å². The number of benzene rings is 1. The van der Waals surface area contributed by atoms with Crippen molar-refractivity contribution in [3.05, 3.63) is 53.2 Å². The number of hydrogen-bond acceptors (Lipinski definition) is 4. The van der Waals surface area contributed by atoms with Gasteiger partial charge in [-0.2, -0.15) is 0 Å². The number of aromatic nitrogens is 1. The van der Waals surface area contributed by atoms with Gasteiger partial charge in [-0.15, -0.1) is 0 Å². The quantitative estimate of drug-likeness (QED) is 0.848. The lowest BCUT2D eigenvalue weighted by molar-refractivity contribution is -0.117. The molecular weight excluding hydrogens is 350 g/mol. The lowest BCUT2D eigenvalue weighted by Crippen LogP contribution is -2.36. The Bertz CT molecular complexity index is 719. The monoisotopic (exact) mass is 373 g/mol. The largest absolute Gasteiger partial charge is 0.497 e. The summed E-state index contributed by atoms with van der Waals surface area (Å²) in [6, 6.07) is 11.8. The fraction of sp³-hybridized carbons (Fsp3) is 0.400. The molecule has 0 aliphatic carbocycles. The van der Waals surface area contributed by atoms with Gasteiger partial charge in [-0.25, -0.2) is 4.98 Å². The van der Waals surface area contributed by atoms with Crippen molar-refractivity contribution in [2.45, 2.75) is 31.7 Å². The third-order valence-electron chi connectivity index (χ3n) is 4.71. The van der Waals surface area contributed by atoms with Crippen LogP contribution in [0.15, 0.2) is 42.6 Å². The highest BCUT2D eigenvalue weighted by atomic mass is 35.5. The van der Waals surface area contributed by atoms with Crippen molar-refractivity contribution in [1.82, 2.24) is 9.88 Å². The molecule has 1 fully saturated rings. The second-order valence-corrected chi connectivity index (χ2v) is 6.96. The molecule has 1 aromatic heterocycles. The smallest absolute Gasteiger partial charge is 0.239 e. The second-order valence-electron chi connectivity index (χ2n) is 6.52. The van der Waals surface area contributed by atoms with Gasteiger partial charge in [-0.3, -0.25) is 9.69 Å². The summed E-state index contributed by atoms with van der Waals surface area (Å²) in [6.45, 7) is 1.26. The Morgan fingerprint density at radius 1 is 1.23 bits per heavy atom. The van der Waals surface area contributed by atoms with Crippen molar-refractivity contribution in [2.24, 2.45) is 0 Å². The number of methoxy groups -OCH3 is 1. The van der Waals surface area contributed by atoms with Gasteiger partial charge in [0.1, 0.15) is 11.6 Å². The first-order valence-electron chi connectivity index (χ1n) is 8.95. The van der Waals surface area contributed by atoms with Crippen LogP contribution in [0.2, 0.25) is 5.02 Å². The van der Waals surface area contributed by atoms with E-state index >= 15 is 0 Å². The molecule has 2 heterocycles. The molecule has 1 aliphatic heterocycles. The average Bonchev–Trinajstić information content (AvgIpc) is 2.89. The first-order chi connectivity index (χ1) is 12.7. The van der Waals surface area contributed by atoms with Gasteiger partial charge in [-0.1, -0.05) is 36.6 Å². The molecule has 1 N–H and O–H groups in total. The zero-order valence-electron chi connectivity index (χ0n) is 15.0. The topological polar surface area (TPSA) is 54.5 Å². The molecule has 3 rings (SSSR count). The van der Waals surface area contributed by atoms with Crippen molar-refractivity contribution in [3.63, 3.8) is 0 Å². The Hall–Kier alpha value is -2.11. The molecule has 26 heavy (non-hydrogen) atoms. The third kappa shape index (κ3) is 4.96. The zero-order valence-corrected chi connectivity index (χ0v) is 15.7. The van der Waals surface area contributed by atoms with Crippen molar-refractivity contribution in [1.29, 1.82) is 0 Å². The number of rotatable bonds is 5. The first kappa shape index (κ1) is 18.7. The molecular formula is C20H24ClN3O2. The highest BCUT2D eigenvalue weighted by Gasteiger charge is 2.24. The molecule has 6 heteroatoms. The minimum Gasteiger partial charge on any atom is -0.497 e. The summed E-state index contributed by atoms with van der Waals surface area (Å²) in [4.78, 5) is 18.9. The number of anilines is 1. The van der Waals surface area contributed by atoms with Crippen LogP contribution in [0.25, 0.3) is 0 Å². The van der Waals surface area contributed by atoms with Crippen molar-refractivity contribution in [3.8, 4) is 5.75 Å². The minimum absolute atomic E-state index is 0.0553. The Kier molecular flexibility index (Phi) is 6.47. The molecule has 0 spiro atoms.